The van der Waals surface area contributed by atoms with Gasteiger partial charge in [-0.2, -0.15) is 0 Å². The summed E-state index contributed by atoms with van der Waals surface area (Å²) in [6.07, 6.45) is 8.97. The molecule has 4 nitrogen and oxygen atoms in total. The van der Waals surface area contributed by atoms with Gasteiger partial charge in [-0.3, -0.25) is 4.79 Å². The molecular formula is C29H38O4. The number of hydrogen-bond acceptors (Lipinski definition) is 4. The van der Waals surface area contributed by atoms with Crippen LogP contribution in [0.5, 0.6) is 0 Å². The van der Waals surface area contributed by atoms with Crippen LogP contribution < -0.4 is 0 Å². The maximum atomic E-state index is 12.5. The van der Waals surface area contributed by atoms with Crippen molar-refractivity contribution in [3.05, 3.63) is 35.9 Å². The van der Waals surface area contributed by atoms with Crippen molar-refractivity contribution >= 4 is 11.8 Å². The Hall–Kier alpha value is -1.68. The van der Waals surface area contributed by atoms with Crippen LogP contribution in [0.15, 0.2) is 30.3 Å². The van der Waals surface area contributed by atoms with Crippen molar-refractivity contribution in [3.63, 3.8) is 0 Å². The van der Waals surface area contributed by atoms with Gasteiger partial charge in [0.2, 0.25) is 0 Å². The Labute approximate surface area is 197 Å². The van der Waals surface area contributed by atoms with E-state index in [1.54, 1.807) is 0 Å². The van der Waals surface area contributed by atoms with Crippen molar-refractivity contribution < 1.29 is 19.1 Å². The van der Waals surface area contributed by atoms with Crippen molar-refractivity contribution in [2.24, 2.45) is 40.4 Å². The molecule has 0 N–H and O–H groups in total. The summed E-state index contributed by atoms with van der Waals surface area (Å²) in [5, 5.41) is 0. The first-order valence-corrected chi connectivity index (χ1v) is 13.2. The summed E-state index contributed by atoms with van der Waals surface area (Å²) in [6.45, 7) is 7.79. The van der Waals surface area contributed by atoms with Gasteiger partial charge in [0.15, 0.2) is 5.78 Å². The molecule has 178 valence electrons. The largest absolute Gasteiger partial charge is 0.462 e. The first-order chi connectivity index (χ1) is 15.8. The molecular weight excluding hydrogens is 412 g/mol. The van der Waals surface area contributed by atoms with Gasteiger partial charge in [-0.15, -0.1) is 0 Å². The molecule has 1 spiro atoms. The molecule has 0 radical (unpaired) electrons. The van der Waals surface area contributed by atoms with E-state index in [1.807, 2.05) is 30.3 Å². The highest BCUT2D eigenvalue weighted by Gasteiger charge is 2.76. The highest BCUT2D eigenvalue weighted by molar-refractivity contribution is 5.89. The Bertz CT molecular complexity index is 958. The van der Waals surface area contributed by atoms with Crippen molar-refractivity contribution in [2.75, 3.05) is 6.61 Å². The van der Waals surface area contributed by atoms with Crippen LogP contribution in [-0.4, -0.2) is 30.1 Å². The smallest absolute Gasteiger partial charge is 0.338 e. The van der Waals surface area contributed by atoms with Crippen LogP contribution in [0.4, 0.5) is 0 Å². The SMILES string of the molecule is CC(COC(=O)c1ccccc1)[C@H]1CC[C@H]2[C@@H]3CCC45OC4C(=O)CC[C@]5(C)[C@H]3CC[C@]12C. The second-order valence-electron chi connectivity index (χ2n) is 12.4. The Morgan fingerprint density at radius 2 is 1.85 bits per heavy atom. The number of Topliss-reactive ketones (excluding diaryl/α,β-unsaturated/α-hetero) is 1. The lowest BCUT2D eigenvalue weighted by molar-refractivity contribution is -0.132. The third-order valence-corrected chi connectivity index (χ3v) is 11.2. The summed E-state index contributed by atoms with van der Waals surface area (Å²) >= 11 is 0. The summed E-state index contributed by atoms with van der Waals surface area (Å²) in [5.74, 6) is 3.31. The number of epoxide rings is 1. The van der Waals surface area contributed by atoms with Gasteiger partial charge in [0, 0.05) is 11.8 Å². The predicted octanol–water partition coefficient (Wildman–Crippen LogP) is 5.84. The molecule has 0 amide bonds. The predicted molar refractivity (Wildman–Crippen MR) is 126 cm³/mol. The number of benzene rings is 1. The Morgan fingerprint density at radius 3 is 2.64 bits per heavy atom. The normalized spacial score (nSPS) is 46.4. The van der Waals surface area contributed by atoms with E-state index in [9.17, 15) is 9.59 Å². The molecule has 0 bridgehead atoms. The van der Waals surface area contributed by atoms with E-state index < -0.39 is 0 Å². The van der Waals surface area contributed by atoms with Crippen molar-refractivity contribution in [3.8, 4) is 0 Å². The minimum absolute atomic E-state index is 0.0961. The fourth-order valence-corrected chi connectivity index (χ4v) is 9.45. The average molecular weight is 451 g/mol. The van der Waals surface area contributed by atoms with Crippen molar-refractivity contribution in [1.29, 1.82) is 0 Å². The fraction of sp³-hybridized carbons (Fsp3) is 0.724. The zero-order chi connectivity index (χ0) is 23.0. The van der Waals surface area contributed by atoms with E-state index in [-0.39, 0.29) is 23.1 Å². The fourth-order valence-electron chi connectivity index (χ4n) is 9.45. The molecule has 0 aromatic heterocycles. The molecule has 6 rings (SSSR count). The summed E-state index contributed by atoms with van der Waals surface area (Å²) in [5.41, 5.74) is 1.00. The number of ether oxygens (including phenoxy) is 2. The molecule has 3 unspecified atom stereocenters. The Balaban J connectivity index is 1.16. The Kier molecular flexibility index (Phi) is 4.90. The number of ketones is 1. The lowest BCUT2D eigenvalue weighted by atomic mass is 9.44. The van der Waals surface area contributed by atoms with Gasteiger partial charge in [0.1, 0.15) is 11.7 Å². The molecule has 4 aliphatic carbocycles. The second kappa shape index (κ2) is 7.41. The number of hydrogen-bond donors (Lipinski definition) is 0. The number of rotatable bonds is 4. The van der Waals surface area contributed by atoms with Crippen molar-refractivity contribution in [2.45, 2.75) is 83.8 Å². The molecule has 1 aliphatic heterocycles. The molecule has 9 atom stereocenters. The van der Waals surface area contributed by atoms with Crippen LogP contribution >= 0.6 is 0 Å². The molecule has 1 saturated heterocycles. The molecule has 1 aromatic rings. The highest BCUT2D eigenvalue weighted by atomic mass is 16.6. The van der Waals surface area contributed by atoms with E-state index in [1.165, 1.54) is 32.1 Å². The van der Waals surface area contributed by atoms with Crippen LogP contribution in [0, 0.1) is 40.4 Å². The number of esters is 1. The summed E-state index contributed by atoms with van der Waals surface area (Å²) in [4.78, 5) is 24.9. The lowest BCUT2D eigenvalue weighted by Gasteiger charge is -2.59. The van der Waals surface area contributed by atoms with Gasteiger partial charge in [-0.05, 0) is 92.1 Å². The van der Waals surface area contributed by atoms with Gasteiger partial charge < -0.3 is 9.47 Å². The van der Waals surface area contributed by atoms with E-state index in [0.29, 0.717) is 47.5 Å². The molecule has 4 saturated carbocycles. The van der Waals surface area contributed by atoms with Crippen LogP contribution in [0.1, 0.15) is 82.5 Å². The van der Waals surface area contributed by atoms with Gasteiger partial charge in [0.05, 0.1) is 12.2 Å². The zero-order valence-electron chi connectivity index (χ0n) is 20.3. The van der Waals surface area contributed by atoms with Gasteiger partial charge in [-0.25, -0.2) is 4.79 Å². The van der Waals surface area contributed by atoms with Crippen LogP contribution in [0.3, 0.4) is 0 Å². The average Bonchev–Trinajstić information content (AvgIpc) is 3.47. The standard InChI is InChI=1S/C29H38O4/c1-18(17-32-26(31)19-7-5-4-6-8-19)21-9-10-22-20-11-16-29-25(33-29)24(30)13-15-28(29,3)23(20)12-14-27(21,22)2/h4-8,18,20-23,25H,9-17H2,1-3H3/t18?,20-,21+,22-,23-,25?,27+,28+,29?/m0/s1. The van der Waals surface area contributed by atoms with E-state index in [4.69, 9.17) is 9.47 Å². The third kappa shape index (κ3) is 2.98. The topological polar surface area (TPSA) is 55.9 Å². The highest BCUT2D eigenvalue weighted by Crippen LogP contribution is 2.73. The first-order valence-electron chi connectivity index (χ1n) is 13.2. The maximum Gasteiger partial charge on any atom is 0.338 e. The monoisotopic (exact) mass is 450 g/mol. The summed E-state index contributed by atoms with van der Waals surface area (Å²) in [7, 11) is 0. The van der Waals surface area contributed by atoms with E-state index in [0.717, 1.165) is 24.7 Å². The van der Waals surface area contributed by atoms with E-state index >= 15 is 0 Å². The third-order valence-electron chi connectivity index (χ3n) is 11.2. The minimum Gasteiger partial charge on any atom is -0.462 e. The first kappa shape index (κ1) is 21.8. The number of carbonyl (C=O) groups excluding carboxylic acids is 2. The zero-order valence-corrected chi connectivity index (χ0v) is 20.3. The second-order valence-corrected chi connectivity index (χ2v) is 12.4. The molecule has 5 fully saturated rings. The summed E-state index contributed by atoms with van der Waals surface area (Å²) in [6, 6.07) is 9.33. The quantitative estimate of drug-likeness (QED) is 0.427. The molecule has 1 aromatic carbocycles. The number of carbonyl (C=O) groups is 2. The summed E-state index contributed by atoms with van der Waals surface area (Å²) < 4.78 is 12.0. The van der Waals surface area contributed by atoms with E-state index in [2.05, 4.69) is 20.8 Å². The van der Waals surface area contributed by atoms with Crippen LogP contribution in [0.25, 0.3) is 0 Å². The molecule has 4 heteroatoms. The van der Waals surface area contributed by atoms with Gasteiger partial charge in [-0.1, -0.05) is 39.0 Å². The van der Waals surface area contributed by atoms with Crippen LogP contribution in [-0.2, 0) is 14.3 Å². The number of fused-ring (bicyclic) bond motifs is 4. The maximum absolute atomic E-state index is 12.5. The van der Waals surface area contributed by atoms with Crippen molar-refractivity contribution in [1.82, 2.24) is 0 Å². The lowest BCUT2D eigenvalue weighted by Crippen LogP contribution is -2.58. The minimum atomic E-state index is -0.206. The van der Waals surface area contributed by atoms with Crippen LogP contribution in [0.2, 0.25) is 0 Å². The molecule has 5 aliphatic rings. The Morgan fingerprint density at radius 1 is 1.06 bits per heavy atom. The molecule has 1 heterocycles. The van der Waals surface area contributed by atoms with Gasteiger partial charge >= 0.3 is 5.97 Å². The van der Waals surface area contributed by atoms with Gasteiger partial charge in [0.25, 0.3) is 0 Å². The molecule has 33 heavy (non-hydrogen) atoms.